The Balaban J connectivity index is 2.44. The van der Waals surface area contributed by atoms with Crippen LogP contribution in [0.15, 0.2) is 24.5 Å². The average molecular weight is 264 g/mol. The van der Waals surface area contributed by atoms with Gasteiger partial charge in [0.25, 0.3) is 0 Å². The van der Waals surface area contributed by atoms with Gasteiger partial charge in [-0.25, -0.2) is 14.2 Å². The lowest BCUT2D eigenvalue weighted by molar-refractivity contribution is 0.0686. The van der Waals surface area contributed by atoms with Crippen molar-refractivity contribution in [1.29, 1.82) is 0 Å². The van der Waals surface area contributed by atoms with E-state index in [0.29, 0.717) is 0 Å². The molecule has 0 saturated carbocycles. The van der Waals surface area contributed by atoms with Crippen molar-refractivity contribution in [1.82, 2.24) is 9.97 Å². The van der Waals surface area contributed by atoms with Gasteiger partial charge >= 0.3 is 5.97 Å². The second kappa shape index (κ2) is 4.89. The van der Waals surface area contributed by atoms with Crippen LogP contribution < -0.4 is 4.74 Å². The summed E-state index contributed by atoms with van der Waals surface area (Å²) in [5.74, 6) is -2.69. The van der Waals surface area contributed by atoms with Crippen LogP contribution in [0.5, 0.6) is 5.75 Å². The summed E-state index contributed by atoms with van der Waals surface area (Å²) in [6, 6.07) is 3.67. The number of nitrogens with zero attached hydrogens (tertiary/aromatic N) is 1. The second-order valence-electron chi connectivity index (χ2n) is 3.61. The summed E-state index contributed by atoms with van der Waals surface area (Å²) in [6.07, 6.45) is 1.07. The predicted octanol–water partition coefficient (Wildman–Crippen LogP) is 1.49. The van der Waals surface area contributed by atoms with Crippen molar-refractivity contribution in [3.05, 3.63) is 47.3 Å². The van der Waals surface area contributed by atoms with Crippen molar-refractivity contribution < 1.29 is 23.8 Å². The molecule has 98 valence electrons. The van der Waals surface area contributed by atoms with E-state index in [1.165, 1.54) is 19.2 Å². The van der Waals surface area contributed by atoms with E-state index in [1.54, 1.807) is 0 Å². The van der Waals surface area contributed by atoms with Crippen LogP contribution in [0, 0.1) is 5.82 Å². The number of aromatic carboxylic acids is 1. The van der Waals surface area contributed by atoms with E-state index >= 15 is 0 Å². The lowest BCUT2D eigenvalue weighted by Crippen LogP contribution is -2.11. The van der Waals surface area contributed by atoms with Gasteiger partial charge in [0, 0.05) is 6.07 Å². The Morgan fingerprint density at radius 1 is 1.42 bits per heavy atom. The molecule has 0 atom stereocenters. The van der Waals surface area contributed by atoms with Crippen molar-refractivity contribution in [3.8, 4) is 5.75 Å². The zero-order valence-electron chi connectivity index (χ0n) is 9.81. The fourth-order valence-corrected chi connectivity index (χ4v) is 1.56. The summed E-state index contributed by atoms with van der Waals surface area (Å²) in [6.45, 7) is 0. The molecule has 0 aliphatic carbocycles. The monoisotopic (exact) mass is 264 g/mol. The maximum atomic E-state index is 13.7. The zero-order chi connectivity index (χ0) is 14.0. The standard InChI is InChI=1S/C12H9FN2O4/c1-19-6-2-3-7(8(13)4-6)11(16)9-10(12(17)18)15-5-14-9/h2-5H,1H3,(H,14,15)(H,17,18). The normalized spacial score (nSPS) is 10.2. The number of hydrogen-bond acceptors (Lipinski definition) is 4. The van der Waals surface area contributed by atoms with Gasteiger partial charge < -0.3 is 14.8 Å². The number of ketones is 1. The van der Waals surface area contributed by atoms with Crippen LogP contribution in [0.2, 0.25) is 0 Å². The van der Waals surface area contributed by atoms with Crippen molar-refractivity contribution in [2.45, 2.75) is 0 Å². The molecule has 0 aliphatic heterocycles. The Labute approximate surface area is 106 Å². The van der Waals surface area contributed by atoms with Crippen molar-refractivity contribution >= 4 is 11.8 Å². The van der Waals surface area contributed by atoms with Gasteiger partial charge in [-0.05, 0) is 12.1 Å². The number of carbonyl (C=O) groups excluding carboxylic acids is 1. The van der Waals surface area contributed by atoms with Crippen LogP contribution in [0.25, 0.3) is 0 Å². The number of hydrogen-bond donors (Lipinski definition) is 2. The summed E-state index contributed by atoms with van der Waals surface area (Å²) in [7, 11) is 1.37. The van der Waals surface area contributed by atoms with Crippen molar-refractivity contribution in [2.75, 3.05) is 7.11 Å². The Bertz CT molecular complexity index is 651. The maximum absolute atomic E-state index is 13.7. The molecule has 1 aromatic heterocycles. The fraction of sp³-hybridized carbons (Fsp3) is 0.0833. The molecule has 0 bridgehead atoms. The predicted molar refractivity (Wildman–Crippen MR) is 61.9 cm³/mol. The van der Waals surface area contributed by atoms with Gasteiger partial charge in [0.2, 0.25) is 5.78 Å². The molecule has 0 saturated heterocycles. The number of H-pyrrole nitrogens is 1. The SMILES string of the molecule is COc1ccc(C(=O)c2nc[nH]c2C(=O)O)c(F)c1. The molecule has 7 heteroatoms. The number of halogens is 1. The van der Waals surface area contributed by atoms with Crippen LogP contribution in [0.1, 0.15) is 26.5 Å². The molecule has 0 radical (unpaired) electrons. The molecule has 2 N–H and O–H groups in total. The third kappa shape index (κ3) is 2.30. The highest BCUT2D eigenvalue weighted by molar-refractivity contribution is 6.12. The minimum Gasteiger partial charge on any atom is -0.497 e. The number of carboxylic acid groups (broad SMARTS) is 1. The van der Waals surface area contributed by atoms with Gasteiger partial charge in [-0.1, -0.05) is 0 Å². The number of ether oxygens (including phenoxy) is 1. The van der Waals surface area contributed by atoms with Crippen LogP contribution in [-0.4, -0.2) is 33.9 Å². The highest BCUT2D eigenvalue weighted by Crippen LogP contribution is 2.19. The van der Waals surface area contributed by atoms with Gasteiger partial charge in [-0.3, -0.25) is 4.79 Å². The first-order valence-electron chi connectivity index (χ1n) is 5.19. The number of aromatic nitrogens is 2. The molecular formula is C12H9FN2O4. The first-order valence-corrected chi connectivity index (χ1v) is 5.19. The zero-order valence-corrected chi connectivity index (χ0v) is 9.81. The van der Waals surface area contributed by atoms with Gasteiger partial charge in [-0.15, -0.1) is 0 Å². The van der Waals surface area contributed by atoms with E-state index in [2.05, 4.69) is 9.97 Å². The molecule has 0 amide bonds. The number of benzene rings is 1. The van der Waals surface area contributed by atoms with Crippen LogP contribution >= 0.6 is 0 Å². The molecule has 2 aromatic rings. The maximum Gasteiger partial charge on any atom is 0.354 e. The van der Waals surface area contributed by atoms with E-state index in [1.807, 2.05) is 0 Å². The topological polar surface area (TPSA) is 92.3 Å². The molecule has 0 unspecified atom stereocenters. The largest absolute Gasteiger partial charge is 0.497 e. The van der Waals surface area contributed by atoms with Crippen molar-refractivity contribution in [2.24, 2.45) is 0 Å². The lowest BCUT2D eigenvalue weighted by Gasteiger charge is -2.04. The third-order valence-corrected chi connectivity index (χ3v) is 2.49. The van der Waals surface area contributed by atoms with E-state index in [4.69, 9.17) is 9.84 Å². The summed E-state index contributed by atoms with van der Waals surface area (Å²) in [5, 5.41) is 8.86. The summed E-state index contributed by atoms with van der Waals surface area (Å²) < 4.78 is 18.5. The van der Waals surface area contributed by atoms with Gasteiger partial charge in [0.05, 0.1) is 19.0 Å². The molecule has 1 aromatic carbocycles. The van der Waals surface area contributed by atoms with Gasteiger partial charge in [0.1, 0.15) is 17.3 Å². The van der Waals surface area contributed by atoms with E-state index in [9.17, 15) is 14.0 Å². The fourth-order valence-electron chi connectivity index (χ4n) is 1.56. The Morgan fingerprint density at radius 3 is 2.74 bits per heavy atom. The molecule has 0 spiro atoms. The number of carbonyl (C=O) groups is 2. The first kappa shape index (κ1) is 12.7. The molecule has 1 heterocycles. The summed E-state index contributed by atoms with van der Waals surface area (Å²) in [5.41, 5.74) is -0.979. The van der Waals surface area contributed by atoms with Crippen LogP contribution in [-0.2, 0) is 0 Å². The third-order valence-electron chi connectivity index (χ3n) is 2.49. The molecule has 0 aliphatic rings. The minimum atomic E-state index is -1.34. The van der Waals surface area contributed by atoms with E-state index in [-0.39, 0.29) is 22.7 Å². The first-order chi connectivity index (χ1) is 9.04. The van der Waals surface area contributed by atoms with Crippen LogP contribution in [0.3, 0.4) is 0 Å². The number of nitrogens with one attached hydrogen (secondary N) is 1. The van der Waals surface area contributed by atoms with E-state index < -0.39 is 17.6 Å². The molecule has 6 nitrogen and oxygen atoms in total. The highest BCUT2D eigenvalue weighted by atomic mass is 19.1. The quantitative estimate of drug-likeness (QED) is 0.816. The number of rotatable bonds is 4. The average Bonchev–Trinajstić information content (AvgIpc) is 2.87. The smallest absolute Gasteiger partial charge is 0.354 e. The highest BCUT2D eigenvalue weighted by Gasteiger charge is 2.23. The molecule has 0 fully saturated rings. The van der Waals surface area contributed by atoms with Gasteiger partial charge in [-0.2, -0.15) is 0 Å². The van der Waals surface area contributed by atoms with Gasteiger partial charge in [0.15, 0.2) is 5.69 Å². The summed E-state index contributed by atoms with van der Waals surface area (Å²) >= 11 is 0. The Kier molecular flexibility index (Phi) is 3.28. The molecular weight excluding hydrogens is 255 g/mol. The van der Waals surface area contributed by atoms with E-state index in [0.717, 1.165) is 12.4 Å². The minimum absolute atomic E-state index is 0.259. The lowest BCUT2D eigenvalue weighted by atomic mass is 10.1. The summed E-state index contributed by atoms with van der Waals surface area (Å²) in [4.78, 5) is 28.8. The van der Waals surface area contributed by atoms with Crippen molar-refractivity contribution in [3.63, 3.8) is 0 Å². The number of imidazole rings is 1. The molecule has 19 heavy (non-hydrogen) atoms. The van der Waals surface area contributed by atoms with Crippen LogP contribution in [0.4, 0.5) is 4.39 Å². The number of aromatic amines is 1. The number of methoxy groups -OCH3 is 1. The molecule has 2 rings (SSSR count). The second-order valence-corrected chi connectivity index (χ2v) is 3.61. The Hall–Kier alpha value is -2.70. The Morgan fingerprint density at radius 2 is 2.16 bits per heavy atom. The number of carboxylic acids is 1.